The van der Waals surface area contributed by atoms with Crippen molar-refractivity contribution in [1.29, 1.82) is 0 Å². The van der Waals surface area contributed by atoms with Crippen molar-refractivity contribution in [3.05, 3.63) is 0 Å². The molecule has 0 spiro atoms. The molecule has 0 aromatic rings. The third-order valence-corrected chi connectivity index (χ3v) is 3.42. The zero-order valence-corrected chi connectivity index (χ0v) is 6.80. The number of aliphatic hydroxyl groups is 1. The third kappa shape index (κ3) is 0.800. The molecule has 0 aromatic heterocycles. The first-order chi connectivity index (χ1) is 4.61. The minimum atomic E-state index is 0.0398. The first-order valence-corrected chi connectivity index (χ1v) is 4.29. The highest BCUT2D eigenvalue weighted by Crippen LogP contribution is 2.58. The van der Waals surface area contributed by atoms with Gasteiger partial charge in [-0.15, -0.1) is 0 Å². The number of hydrogen-bond acceptors (Lipinski definition) is 1. The van der Waals surface area contributed by atoms with Gasteiger partial charge < -0.3 is 5.11 Å². The quantitative estimate of drug-likeness (QED) is 0.544. The summed E-state index contributed by atoms with van der Waals surface area (Å²) in [4.78, 5) is 0. The van der Waals surface area contributed by atoms with E-state index in [9.17, 15) is 5.11 Å². The first kappa shape index (κ1) is 6.66. The summed E-state index contributed by atoms with van der Waals surface area (Å²) in [5, 5.41) is 9.45. The van der Waals surface area contributed by atoms with E-state index in [4.69, 9.17) is 0 Å². The topological polar surface area (TPSA) is 20.2 Å². The van der Waals surface area contributed by atoms with Crippen LogP contribution in [0.25, 0.3) is 0 Å². The maximum Gasteiger partial charge on any atom is 0.0571 e. The third-order valence-electron chi connectivity index (χ3n) is 3.42. The molecule has 2 fully saturated rings. The fraction of sp³-hybridized carbons (Fsp3) is 1.00. The van der Waals surface area contributed by atoms with E-state index in [1.807, 2.05) is 0 Å². The van der Waals surface area contributed by atoms with Crippen LogP contribution >= 0.6 is 0 Å². The molecular formula is C9H16O. The molecule has 2 rings (SSSR count). The highest BCUT2D eigenvalue weighted by atomic mass is 16.3. The molecule has 0 saturated heterocycles. The molecule has 2 saturated carbocycles. The SMILES string of the molecule is CC1(C)CCC(O)C2CC21. The van der Waals surface area contributed by atoms with Gasteiger partial charge in [0.1, 0.15) is 0 Å². The Hall–Kier alpha value is -0.0400. The smallest absolute Gasteiger partial charge is 0.0571 e. The molecule has 3 atom stereocenters. The van der Waals surface area contributed by atoms with Crippen LogP contribution in [0.4, 0.5) is 0 Å². The van der Waals surface area contributed by atoms with Crippen molar-refractivity contribution in [3.8, 4) is 0 Å². The lowest BCUT2D eigenvalue weighted by Gasteiger charge is -2.31. The van der Waals surface area contributed by atoms with Crippen LogP contribution in [0.15, 0.2) is 0 Å². The fourth-order valence-electron chi connectivity index (χ4n) is 2.46. The zero-order chi connectivity index (χ0) is 7.35. The van der Waals surface area contributed by atoms with Crippen LogP contribution in [0.5, 0.6) is 0 Å². The van der Waals surface area contributed by atoms with Crippen LogP contribution in [0.2, 0.25) is 0 Å². The highest BCUT2D eigenvalue weighted by Gasteiger charge is 2.53. The lowest BCUT2D eigenvalue weighted by Crippen LogP contribution is -2.27. The standard InChI is InChI=1S/C9H16O/c1-9(2)4-3-8(10)6-5-7(6)9/h6-8,10H,3-5H2,1-2H3. The van der Waals surface area contributed by atoms with Crippen molar-refractivity contribution >= 4 is 0 Å². The fourth-order valence-corrected chi connectivity index (χ4v) is 2.46. The lowest BCUT2D eigenvalue weighted by molar-refractivity contribution is 0.0685. The lowest BCUT2D eigenvalue weighted by atomic mass is 9.76. The minimum Gasteiger partial charge on any atom is -0.393 e. The molecule has 0 aromatic carbocycles. The second kappa shape index (κ2) is 1.76. The Kier molecular flexibility index (Phi) is 1.17. The number of hydrogen-bond donors (Lipinski definition) is 1. The van der Waals surface area contributed by atoms with Gasteiger partial charge in [0.05, 0.1) is 6.10 Å². The molecule has 0 aliphatic heterocycles. The molecule has 0 amide bonds. The predicted molar refractivity (Wildman–Crippen MR) is 40.6 cm³/mol. The van der Waals surface area contributed by atoms with Crippen molar-refractivity contribution in [2.75, 3.05) is 0 Å². The van der Waals surface area contributed by atoms with E-state index in [2.05, 4.69) is 13.8 Å². The summed E-state index contributed by atoms with van der Waals surface area (Å²) in [5.74, 6) is 1.51. The van der Waals surface area contributed by atoms with Gasteiger partial charge in [0, 0.05) is 0 Å². The summed E-state index contributed by atoms with van der Waals surface area (Å²) < 4.78 is 0. The van der Waals surface area contributed by atoms with E-state index >= 15 is 0 Å². The van der Waals surface area contributed by atoms with Crippen molar-refractivity contribution in [2.24, 2.45) is 17.3 Å². The predicted octanol–water partition coefficient (Wildman–Crippen LogP) is 1.80. The molecule has 0 bridgehead atoms. The monoisotopic (exact) mass is 140 g/mol. The molecule has 3 unspecified atom stereocenters. The summed E-state index contributed by atoms with van der Waals surface area (Å²) in [5.41, 5.74) is 0.532. The van der Waals surface area contributed by atoms with Gasteiger partial charge in [-0.05, 0) is 36.5 Å². The summed E-state index contributed by atoms with van der Waals surface area (Å²) in [6, 6.07) is 0. The Morgan fingerprint density at radius 1 is 1.40 bits per heavy atom. The largest absolute Gasteiger partial charge is 0.393 e. The van der Waals surface area contributed by atoms with Gasteiger partial charge >= 0.3 is 0 Å². The Morgan fingerprint density at radius 2 is 2.10 bits per heavy atom. The Bertz CT molecular complexity index is 151. The molecule has 1 heteroatoms. The second-order valence-electron chi connectivity index (χ2n) is 4.60. The van der Waals surface area contributed by atoms with E-state index in [0.717, 1.165) is 12.3 Å². The molecule has 58 valence electrons. The summed E-state index contributed by atoms with van der Waals surface area (Å²) in [7, 11) is 0. The second-order valence-corrected chi connectivity index (χ2v) is 4.60. The Labute approximate surface area is 62.4 Å². The van der Waals surface area contributed by atoms with Crippen LogP contribution in [0.3, 0.4) is 0 Å². The maximum atomic E-state index is 9.45. The van der Waals surface area contributed by atoms with Crippen LogP contribution < -0.4 is 0 Å². The van der Waals surface area contributed by atoms with Crippen molar-refractivity contribution in [2.45, 2.75) is 39.2 Å². The first-order valence-electron chi connectivity index (χ1n) is 4.29. The molecule has 0 heterocycles. The van der Waals surface area contributed by atoms with Crippen LogP contribution in [0.1, 0.15) is 33.1 Å². The summed E-state index contributed by atoms with van der Waals surface area (Å²) in [6.07, 6.45) is 3.58. The molecule has 1 nitrogen and oxygen atoms in total. The normalized spacial score (nSPS) is 50.1. The van der Waals surface area contributed by atoms with Gasteiger partial charge in [-0.2, -0.15) is 0 Å². The molecule has 0 radical (unpaired) electrons. The van der Waals surface area contributed by atoms with E-state index < -0.39 is 0 Å². The van der Waals surface area contributed by atoms with E-state index in [-0.39, 0.29) is 6.10 Å². The Balaban J connectivity index is 2.09. The summed E-state index contributed by atoms with van der Waals surface area (Å²) in [6.45, 7) is 4.67. The van der Waals surface area contributed by atoms with Crippen molar-refractivity contribution < 1.29 is 5.11 Å². The molecule has 2 aliphatic rings. The van der Waals surface area contributed by atoms with Crippen LogP contribution in [-0.4, -0.2) is 11.2 Å². The van der Waals surface area contributed by atoms with Gasteiger partial charge in [-0.1, -0.05) is 13.8 Å². The molecule has 1 N–H and O–H groups in total. The molecule has 2 aliphatic carbocycles. The number of aliphatic hydroxyl groups excluding tert-OH is 1. The van der Waals surface area contributed by atoms with Gasteiger partial charge in [0.15, 0.2) is 0 Å². The minimum absolute atomic E-state index is 0.0398. The van der Waals surface area contributed by atoms with Crippen LogP contribution in [-0.2, 0) is 0 Å². The van der Waals surface area contributed by atoms with Crippen molar-refractivity contribution in [3.63, 3.8) is 0 Å². The summed E-state index contributed by atoms with van der Waals surface area (Å²) >= 11 is 0. The molecular weight excluding hydrogens is 124 g/mol. The van der Waals surface area contributed by atoms with Crippen molar-refractivity contribution in [1.82, 2.24) is 0 Å². The number of fused-ring (bicyclic) bond motifs is 1. The van der Waals surface area contributed by atoms with Gasteiger partial charge in [0.2, 0.25) is 0 Å². The zero-order valence-electron chi connectivity index (χ0n) is 6.80. The van der Waals surface area contributed by atoms with E-state index in [1.54, 1.807) is 0 Å². The maximum absolute atomic E-state index is 9.45. The average molecular weight is 140 g/mol. The van der Waals surface area contributed by atoms with Gasteiger partial charge in [-0.3, -0.25) is 0 Å². The molecule has 10 heavy (non-hydrogen) atoms. The average Bonchev–Trinajstić information content (AvgIpc) is 2.58. The van der Waals surface area contributed by atoms with Gasteiger partial charge in [0.25, 0.3) is 0 Å². The number of rotatable bonds is 0. The Morgan fingerprint density at radius 3 is 2.70 bits per heavy atom. The van der Waals surface area contributed by atoms with E-state index in [0.29, 0.717) is 11.3 Å². The van der Waals surface area contributed by atoms with Crippen LogP contribution in [0, 0.1) is 17.3 Å². The van der Waals surface area contributed by atoms with Gasteiger partial charge in [-0.25, -0.2) is 0 Å². The highest BCUT2D eigenvalue weighted by molar-refractivity contribution is 5.03. The van der Waals surface area contributed by atoms with E-state index in [1.165, 1.54) is 12.8 Å².